The van der Waals surface area contributed by atoms with Crippen molar-refractivity contribution in [1.29, 1.82) is 0 Å². The van der Waals surface area contributed by atoms with Gasteiger partial charge in [0.25, 0.3) is 0 Å². The number of nitrogens with one attached hydrogen (secondary N) is 1. The van der Waals surface area contributed by atoms with Crippen molar-refractivity contribution < 1.29 is 4.39 Å². The van der Waals surface area contributed by atoms with Gasteiger partial charge in [0.2, 0.25) is 0 Å². The van der Waals surface area contributed by atoms with E-state index in [1.165, 1.54) is 0 Å². The van der Waals surface area contributed by atoms with E-state index in [9.17, 15) is 0 Å². The minimum Gasteiger partial charge on any atom is -0.375 e. The number of rotatable bonds is 7. The summed E-state index contributed by atoms with van der Waals surface area (Å²) in [7, 11) is 0. The van der Waals surface area contributed by atoms with Crippen LogP contribution in [-0.4, -0.2) is 61.5 Å². The molecule has 2 fully saturated rings. The molecule has 2 heterocycles. The topological polar surface area (TPSA) is 60.1 Å². The zero-order valence-electron chi connectivity index (χ0n) is 17.5. The van der Waals surface area contributed by atoms with Crippen LogP contribution in [0.1, 0.15) is 45.1 Å². The molecule has 0 amide bonds. The first-order valence-electron chi connectivity index (χ1n) is 10.7. The number of thiocarbonyl (C=S) groups is 1. The van der Waals surface area contributed by atoms with E-state index in [4.69, 9.17) is 18.0 Å². The fourth-order valence-electron chi connectivity index (χ4n) is 4.44. The summed E-state index contributed by atoms with van der Waals surface area (Å²) >= 11 is 4.79. The van der Waals surface area contributed by atoms with Gasteiger partial charge in [0, 0.05) is 56.6 Å². The first kappa shape index (κ1) is 21.8. The zero-order chi connectivity index (χ0) is 20.8. The second-order valence-electron chi connectivity index (χ2n) is 7.78. The number of nitrogens with two attached hydrogens (primary N) is 1. The van der Waals surface area contributed by atoms with Gasteiger partial charge in [0.15, 0.2) is 5.11 Å². The largest absolute Gasteiger partial charge is 0.375 e. The molecular formula is C21H33FN6S. The second kappa shape index (κ2) is 10.2. The van der Waals surface area contributed by atoms with Gasteiger partial charge in [-0.1, -0.05) is 13.8 Å². The van der Waals surface area contributed by atoms with E-state index in [0.29, 0.717) is 11.7 Å². The van der Waals surface area contributed by atoms with Crippen molar-refractivity contribution in [2.24, 2.45) is 10.8 Å². The van der Waals surface area contributed by atoms with Crippen molar-refractivity contribution in [1.82, 2.24) is 10.3 Å². The average molecular weight is 421 g/mol. The number of hydrogen-bond donors (Lipinski definition) is 2. The maximum atomic E-state index is 15.1. The van der Waals surface area contributed by atoms with Crippen LogP contribution < -0.4 is 21.0 Å². The van der Waals surface area contributed by atoms with Gasteiger partial charge >= 0.3 is 0 Å². The second-order valence-corrected chi connectivity index (χ2v) is 8.22. The summed E-state index contributed by atoms with van der Waals surface area (Å²) in [4.78, 5) is 7.03. The van der Waals surface area contributed by atoms with Crippen LogP contribution in [0, 0.1) is 5.82 Å². The molecule has 0 saturated carbocycles. The maximum absolute atomic E-state index is 15.1. The number of benzene rings is 1. The van der Waals surface area contributed by atoms with Crippen molar-refractivity contribution in [2.75, 3.05) is 49.1 Å². The van der Waals surface area contributed by atoms with Crippen LogP contribution in [0.4, 0.5) is 15.8 Å². The van der Waals surface area contributed by atoms with Gasteiger partial charge in [-0.3, -0.25) is 10.3 Å². The third-order valence-corrected chi connectivity index (χ3v) is 6.13. The van der Waals surface area contributed by atoms with Gasteiger partial charge in [-0.15, -0.1) is 0 Å². The monoisotopic (exact) mass is 420 g/mol. The van der Waals surface area contributed by atoms with Gasteiger partial charge in [-0.2, -0.15) is 5.10 Å². The summed E-state index contributed by atoms with van der Waals surface area (Å²) in [5.74, 6) is -0.208. The SMILES string of the molecule is CCC(CC)N1CCN(c2cc(N3CCCC3)c(/C=N/NC(N)=S)cc2F)CC1. The standard InChI is InChI=1S/C21H33FN6S/c1-3-17(4-2)26-9-11-28(12-10-26)20-14-19(27-7-5-6-8-27)16(13-18(20)22)15-24-25-21(23)29/h13-15,17H,3-12H2,1-2H3,(H3,23,25,29)/b24-15+. The predicted molar refractivity (Wildman–Crippen MR) is 124 cm³/mol. The normalized spacial score (nSPS) is 18.2. The van der Waals surface area contributed by atoms with E-state index in [1.807, 2.05) is 6.07 Å². The minimum atomic E-state index is -0.208. The van der Waals surface area contributed by atoms with E-state index >= 15 is 4.39 Å². The molecule has 0 unspecified atom stereocenters. The molecule has 160 valence electrons. The highest BCUT2D eigenvalue weighted by Crippen LogP contribution is 2.32. The van der Waals surface area contributed by atoms with Gasteiger partial charge in [0.05, 0.1) is 11.9 Å². The Morgan fingerprint density at radius 2 is 1.72 bits per heavy atom. The van der Waals surface area contributed by atoms with Crippen LogP contribution in [0.5, 0.6) is 0 Å². The van der Waals surface area contributed by atoms with Crippen molar-refractivity contribution in [2.45, 2.75) is 45.6 Å². The Labute approximate surface area is 178 Å². The highest BCUT2D eigenvalue weighted by Gasteiger charge is 2.25. The Hall–Kier alpha value is -1.93. The van der Waals surface area contributed by atoms with E-state index in [1.54, 1.807) is 12.3 Å². The van der Waals surface area contributed by atoms with Crippen LogP contribution in [0.15, 0.2) is 17.2 Å². The first-order chi connectivity index (χ1) is 14.0. The Bertz CT molecular complexity index is 722. The van der Waals surface area contributed by atoms with E-state index in [0.717, 1.165) is 76.2 Å². The lowest BCUT2D eigenvalue weighted by atomic mass is 10.1. The molecule has 0 radical (unpaired) electrons. The fraction of sp³-hybridized carbons (Fsp3) is 0.619. The van der Waals surface area contributed by atoms with Crippen LogP contribution in [0.25, 0.3) is 0 Å². The highest BCUT2D eigenvalue weighted by atomic mass is 32.1. The Morgan fingerprint density at radius 3 is 2.31 bits per heavy atom. The molecule has 3 N–H and O–H groups in total. The lowest BCUT2D eigenvalue weighted by molar-refractivity contribution is 0.175. The predicted octanol–water partition coefficient (Wildman–Crippen LogP) is 2.90. The lowest BCUT2D eigenvalue weighted by Gasteiger charge is -2.40. The molecule has 1 aromatic carbocycles. The molecule has 2 aliphatic rings. The van der Waals surface area contributed by atoms with Crippen molar-refractivity contribution >= 4 is 34.9 Å². The molecule has 3 rings (SSSR count). The molecule has 1 aromatic rings. The lowest BCUT2D eigenvalue weighted by Crippen LogP contribution is -2.50. The van der Waals surface area contributed by atoms with Crippen LogP contribution in [0.3, 0.4) is 0 Å². The van der Waals surface area contributed by atoms with Crippen molar-refractivity contribution in [3.63, 3.8) is 0 Å². The van der Waals surface area contributed by atoms with Gasteiger partial charge in [-0.25, -0.2) is 4.39 Å². The van der Waals surface area contributed by atoms with Crippen LogP contribution in [-0.2, 0) is 0 Å². The molecule has 2 aliphatic heterocycles. The molecule has 0 spiro atoms. The Kier molecular flexibility index (Phi) is 7.66. The molecular weight excluding hydrogens is 387 g/mol. The van der Waals surface area contributed by atoms with Crippen molar-refractivity contribution in [3.8, 4) is 0 Å². The maximum Gasteiger partial charge on any atom is 0.184 e. The van der Waals surface area contributed by atoms with Gasteiger partial charge in [-0.05, 0) is 50.0 Å². The number of nitrogens with zero attached hydrogens (tertiary/aromatic N) is 4. The summed E-state index contributed by atoms with van der Waals surface area (Å²) in [6.45, 7) is 10.1. The zero-order valence-corrected chi connectivity index (χ0v) is 18.3. The molecule has 2 saturated heterocycles. The summed E-state index contributed by atoms with van der Waals surface area (Å²) in [6.07, 6.45) is 6.24. The number of halogens is 1. The third kappa shape index (κ3) is 5.36. The molecule has 0 bridgehead atoms. The summed E-state index contributed by atoms with van der Waals surface area (Å²) < 4.78 is 15.1. The van der Waals surface area contributed by atoms with Crippen molar-refractivity contribution in [3.05, 3.63) is 23.5 Å². The van der Waals surface area contributed by atoms with E-state index in [-0.39, 0.29) is 10.9 Å². The van der Waals surface area contributed by atoms with Gasteiger partial charge in [0.1, 0.15) is 5.82 Å². The Morgan fingerprint density at radius 1 is 1.10 bits per heavy atom. The molecule has 0 aliphatic carbocycles. The molecule has 8 heteroatoms. The number of piperazine rings is 1. The molecule has 6 nitrogen and oxygen atoms in total. The molecule has 0 atom stereocenters. The first-order valence-corrected chi connectivity index (χ1v) is 11.1. The van der Waals surface area contributed by atoms with E-state index in [2.05, 4.69) is 39.1 Å². The average Bonchev–Trinajstić information content (AvgIpc) is 3.24. The number of hydrazone groups is 1. The highest BCUT2D eigenvalue weighted by molar-refractivity contribution is 7.80. The summed E-state index contributed by atoms with van der Waals surface area (Å²) in [6, 6.07) is 4.21. The van der Waals surface area contributed by atoms with E-state index < -0.39 is 0 Å². The third-order valence-electron chi connectivity index (χ3n) is 6.04. The summed E-state index contributed by atoms with van der Waals surface area (Å²) in [5, 5.41) is 4.14. The quantitative estimate of drug-likeness (QED) is 0.402. The molecule has 0 aromatic heterocycles. The van der Waals surface area contributed by atoms with Crippen LogP contribution in [0.2, 0.25) is 0 Å². The van der Waals surface area contributed by atoms with Gasteiger partial charge < -0.3 is 15.5 Å². The number of anilines is 2. The van der Waals surface area contributed by atoms with Crippen LogP contribution >= 0.6 is 12.2 Å². The minimum absolute atomic E-state index is 0.0939. The summed E-state index contributed by atoms with van der Waals surface area (Å²) in [5.41, 5.74) is 10.4. The number of hydrogen-bond acceptors (Lipinski definition) is 5. The molecule has 29 heavy (non-hydrogen) atoms. The fourth-order valence-corrected chi connectivity index (χ4v) is 4.50. The Balaban J connectivity index is 1.81. The smallest absolute Gasteiger partial charge is 0.184 e.